The van der Waals surface area contributed by atoms with Crippen LogP contribution in [0.1, 0.15) is 123 Å². The van der Waals surface area contributed by atoms with Gasteiger partial charge < -0.3 is 46.4 Å². The highest BCUT2D eigenvalue weighted by atomic mass is 16.3. The lowest BCUT2D eigenvalue weighted by Crippen LogP contribution is -2.52. The molecule has 84 heavy (non-hydrogen) atoms. The number of aryl methyl sites for hydroxylation is 1. The second-order valence-electron chi connectivity index (χ2n) is 21.4. The number of phenols is 7. The Morgan fingerprint density at radius 1 is 0.274 bits per heavy atom. The van der Waals surface area contributed by atoms with Gasteiger partial charge in [0.25, 0.3) is 0 Å². The van der Waals surface area contributed by atoms with Crippen molar-refractivity contribution in [3.8, 4) is 40.2 Å². The van der Waals surface area contributed by atoms with Crippen LogP contribution in [0.2, 0.25) is 0 Å². The van der Waals surface area contributed by atoms with Crippen LogP contribution >= 0.6 is 0 Å². The van der Waals surface area contributed by atoms with E-state index in [1.807, 2.05) is 140 Å². The van der Waals surface area contributed by atoms with Crippen LogP contribution in [-0.2, 0) is 0 Å². The van der Waals surface area contributed by atoms with Crippen LogP contribution in [0.5, 0.6) is 40.2 Å². The highest BCUT2D eigenvalue weighted by Gasteiger charge is 2.35. The molecular formula is C73H72N4O7. The van der Waals surface area contributed by atoms with Crippen molar-refractivity contribution < 1.29 is 35.7 Å². The molecule has 0 spiro atoms. The minimum Gasteiger partial charge on any atom is -0.508 e. The molecule has 0 amide bonds. The molecule has 0 heterocycles. The normalized spacial score (nSPS) is 15.2. The van der Waals surface area contributed by atoms with Crippen molar-refractivity contribution in [2.45, 2.75) is 80.9 Å². The van der Waals surface area contributed by atoms with Crippen LogP contribution in [0, 0.1) is 6.92 Å². The van der Waals surface area contributed by atoms with E-state index < -0.39 is 18.1 Å². The lowest BCUT2D eigenvalue weighted by Gasteiger charge is -2.38. The molecule has 0 aliphatic heterocycles. The number of nitrogens with one attached hydrogen (secondary N) is 4. The largest absolute Gasteiger partial charge is 0.508 e. The van der Waals surface area contributed by atoms with Gasteiger partial charge in [0.05, 0.1) is 36.3 Å². The zero-order valence-electron chi connectivity index (χ0n) is 46.8. The third-order valence-electron chi connectivity index (χ3n) is 16.1. The Morgan fingerprint density at radius 3 is 0.774 bits per heavy atom. The molecule has 11 rings (SSSR count). The maximum absolute atomic E-state index is 11.2. The van der Waals surface area contributed by atoms with E-state index in [-0.39, 0.29) is 70.5 Å². The Labute approximate surface area is 491 Å². The van der Waals surface area contributed by atoms with Gasteiger partial charge in [0, 0.05) is 51.0 Å². The minimum absolute atomic E-state index is 0.00725. The van der Waals surface area contributed by atoms with Crippen molar-refractivity contribution >= 4 is 0 Å². The second kappa shape index (κ2) is 27.6. The van der Waals surface area contributed by atoms with E-state index >= 15 is 0 Å². The minimum atomic E-state index is -0.567. The summed E-state index contributed by atoms with van der Waals surface area (Å²) in [6.45, 7) is 2.08. The number of hydrogen-bond acceptors (Lipinski definition) is 11. The predicted molar refractivity (Wildman–Crippen MR) is 332 cm³/mol. The quantitative estimate of drug-likeness (QED) is 0.0370. The van der Waals surface area contributed by atoms with Crippen molar-refractivity contribution in [2.24, 2.45) is 0 Å². The van der Waals surface area contributed by atoms with Crippen LogP contribution in [0.25, 0.3) is 0 Å². The van der Waals surface area contributed by atoms with Gasteiger partial charge in [-0.1, -0.05) is 225 Å². The van der Waals surface area contributed by atoms with Gasteiger partial charge in [0.1, 0.15) is 40.2 Å². The molecule has 11 heteroatoms. The molecule has 5 atom stereocenters. The number of phenolic OH excluding ortho intramolecular Hbond substituents is 7. The molecular weight excluding hydrogens is 1040 g/mol. The molecule has 1 aliphatic carbocycles. The summed E-state index contributed by atoms with van der Waals surface area (Å²) in [7, 11) is 0. The number of hydrogen-bond donors (Lipinski definition) is 11. The third-order valence-corrected chi connectivity index (χ3v) is 16.1. The maximum atomic E-state index is 11.2. The topological polar surface area (TPSA) is 190 Å². The summed E-state index contributed by atoms with van der Waals surface area (Å²) in [4.78, 5) is 0. The highest BCUT2D eigenvalue weighted by Crippen LogP contribution is 2.43. The van der Waals surface area contributed by atoms with Gasteiger partial charge in [0.2, 0.25) is 0 Å². The SMILES string of the molecule is Cc1ccccc1C(N[C@H](c1ccccc1)C(NC(c1ccccc1O)c1ccccc1O)c1ccccc1)c1ccccc1O.Oc1ccccc1C(N[C@@H]1CCCC[C@H]1NC(c1ccccc1O)c1ccccc1O)c1ccccc1O. The van der Waals surface area contributed by atoms with Crippen LogP contribution < -0.4 is 21.3 Å². The molecule has 11 N–H and O–H groups in total. The van der Waals surface area contributed by atoms with E-state index in [0.29, 0.717) is 33.4 Å². The standard InChI is InChI=1S/C41H38N2O3.C32H34N2O4/c1-28-16-8-9-21-31(28)40(32-22-10-13-25-35(32)44)42-38(29-17-4-2-5-18-29)39(30-19-6-3-7-20-30)43-41(33-23-11-14-26-36(33)45)34-24-12-15-27-37(34)46;35-27-17-7-1-11-21(27)31(22-12-2-8-18-28(22)36)33-25-15-5-6-16-26(25)34-32(23-13-3-9-19-29(23)37)24-14-4-10-20-30(24)38/h2-27,38-46H,1H3;1-4,7-14,17-20,25-26,31-38H,5-6,15-16H2/t38-,39?,40?;25-,26-/m11/s1. The fraction of sp³-hybridized carbons (Fsp3) is 0.178. The Morgan fingerprint density at radius 2 is 0.500 bits per heavy atom. The zero-order chi connectivity index (χ0) is 58.4. The third kappa shape index (κ3) is 13.6. The van der Waals surface area contributed by atoms with Gasteiger partial charge >= 0.3 is 0 Å². The van der Waals surface area contributed by atoms with Crippen molar-refractivity contribution in [2.75, 3.05) is 0 Å². The van der Waals surface area contributed by atoms with Gasteiger partial charge in [-0.05, 0) is 84.5 Å². The van der Waals surface area contributed by atoms with Crippen LogP contribution in [-0.4, -0.2) is 47.8 Å². The Balaban J connectivity index is 0.000000191. The molecule has 1 fully saturated rings. The first-order chi connectivity index (χ1) is 41.0. The molecule has 11 nitrogen and oxygen atoms in total. The van der Waals surface area contributed by atoms with E-state index in [9.17, 15) is 35.7 Å². The smallest absolute Gasteiger partial charge is 0.120 e. The predicted octanol–water partition coefficient (Wildman–Crippen LogP) is 14.5. The fourth-order valence-electron chi connectivity index (χ4n) is 11.8. The first-order valence-corrected chi connectivity index (χ1v) is 28.7. The number of aromatic hydroxyl groups is 7. The average molecular weight is 1120 g/mol. The molecule has 2 unspecified atom stereocenters. The molecule has 10 aromatic carbocycles. The first-order valence-electron chi connectivity index (χ1n) is 28.7. The van der Waals surface area contributed by atoms with Crippen LogP contribution in [0.15, 0.2) is 255 Å². The molecule has 1 saturated carbocycles. The highest BCUT2D eigenvalue weighted by molar-refractivity contribution is 5.50. The van der Waals surface area contributed by atoms with Crippen molar-refractivity contribution in [3.05, 3.63) is 316 Å². The van der Waals surface area contributed by atoms with Crippen LogP contribution in [0.3, 0.4) is 0 Å². The van der Waals surface area contributed by atoms with Gasteiger partial charge in [0.15, 0.2) is 0 Å². The Bertz CT molecular complexity index is 3310. The number of rotatable bonds is 19. The van der Waals surface area contributed by atoms with E-state index in [4.69, 9.17) is 0 Å². The van der Waals surface area contributed by atoms with Gasteiger partial charge in [-0.25, -0.2) is 0 Å². The molecule has 1 aliphatic rings. The summed E-state index contributed by atoms with van der Waals surface area (Å²) in [6, 6.07) is 76.9. The molecule has 0 saturated heterocycles. The van der Waals surface area contributed by atoms with Gasteiger partial charge in [-0.2, -0.15) is 0 Å². The summed E-state index contributed by atoms with van der Waals surface area (Å²) < 4.78 is 0. The van der Waals surface area contributed by atoms with E-state index in [1.165, 1.54) is 0 Å². The van der Waals surface area contributed by atoms with Crippen molar-refractivity contribution in [3.63, 3.8) is 0 Å². The zero-order valence-corrected chi connectivity index (χ0v) is 46.8. The van der Waals surface area contributed by atoms with E-state index in [1.54, 1.807) is 78.9 Å². The van der Waals surface area contributed by atoms with E-state index in [2.05, 4.69) is 64.6 Å². The maximum Gasteiger partial charge on any atom is 0.120 e. The summed E-state index contributed by atoms with van der Waals surface area (Å²) >= 11 is 0. The molecule has 0 aromatic heterocycles. The number of benzene rings is 10. The first kappa shape index (κ1) is 57.9. The molecule has 426 valence electrons. The Kier molecular flexibility index (Phi) is 19.0. The monoisotopic (exact) mass is 1120 g/mol. The summed E-state index contributed by atoms with van der Waals surface area (Å²) in [5.41, 5.74) is 9.02. The van der Waals surface area contributed by atoms with Crippen molar-refractivity contribution in [1.29, 1.82) is 0 Å². The second-order valence-corrected chi connectivity index (χ2v) is 21.4. The fourth-order valence-corrected chi connectivity index (χ4v) is 11.8. The summed E-state index contributed by atoms with van der Waals surface area (Å²) in [5, 5.41) is 91.7. The molecule has 0 bridgehead atoms. The lowest BCUT2D eigenvalue weighted by molar-refractivity contribution is 0.257. The Hall–Kier alpha value is -9.36. The number of para-hydroxylation sites is 7. The average Bonchev–Trinajstić information content (AvgIpc) is 3.36. The molecule has 0 radical (unpaired) electrons. The van der Waals surface area contributed by atoms with E-state index in [0.717, 1.165) is 53.5 Å². The summed E-state index contributed by atoms with van der Waals surface area (Å²) in [6.07, 6.45) is 3.87. The van der Waals surface area contributed by atoms with Crippen molar-refractivity contribution in [1.82, 2.24) is 21.3 Å². The van der Waals surface area contributed by atoms with Gasteiger partial charge in [-0.15, -0.1) is 0 Å². The summed E-state index contributed by atoms with van der Waals surface area (Å²) in [5.74, 6) is 1.12. The van der Waals surface area contributed by atoms with Gasteiger partial charge in [-0.3, -0.25) is 10.6 Å². The lowest BCUT2D eigenvalue weighted by atomic mass is 9.86. The van der Waals surface area contributed by atoms with Crippen LogP contribution in [0.4, 0.5) is 0 Å². The molecule has 10 aromatic rings.